The molecule has 0 amide bonds. The summed E-state index contributed by atoms with van der Waals surface area (Å²) in [6, 6.07) is 10.3. The van der Waals surface area contributed by atoms with Crippen LogP contribution in [0.1, 0.15) is 6.92 Å². The van der Waals surface area contributed by atoms with E-state index in [2.05, 4.69) is 34.7 Å². The molecular formula is C13H17N3. The molecule has 0 aliphatic rings. The van der Waals surface area contributed by atoms with Crippen molar-refractivity contribution in [2.45, 2.75) is 6.92 Å². The molecule has 0 aliphatic carbocycles. The predicted octanol–water partition coefficient (Wildman–Crippen LogP) is 2.26. The molecule has 84 valence electrons. The third-order valence-corrected chi connectivity index (χ3v) is 2.52. The number of anilines is 1. The van der Waals surface area contributed by atoms with Crippen LogP contribution in [0.25, 0.3) is 10.8 Å². The first-order valence-corrected chi connectivity index (χ1v) is 5.70. The van der Waals surface area contributed by atoms with E-state index in [1.165, 1.54) is 10.8 Å². The van der Waals surface area contributed by atoms with E-state index in [9.17, 15) is 0 Å². The Labute approximate surface area is 95.9 Å². The Morgan fingerprint density at radius 1 is 1.12 bits per heavy atom. The molecule has 2 aromatic rings. The zero-order chi connectivity index (χ0) is 11.2. The van der Waals surface area contributed by atoms with Gasteiger partial charge in [-0.25, -0.2) is 4.98 Å². The van der Waals surface area contributed by atoms with Crippen LogP contribution in [-0.4, -0.2) is 24.6 Å². The maximum absolute atomic E-state index is 4.37. The zero-order valence-electron chi connectivity index (χ0n) is 9.53. The number of nitrogens with one attached hydrogen (secondary N) is 2. The lowest BCUT2D eigenvalue weighted by Crippen LogP contribution is -2.21. The Bertz CT molecular complexity index is 448. The van der Waals surface area contributed by atoms with Crippen LogP contribution in [0.5, 0.6) is 0 Å². The Kier molecular flexibility index (Phi) is 3.72. The van der Waals surface area contributed by atoms with E-state index < -0.39 is 0 Å². The van der Waals surface area contributed by atoms with Gasteiger partial charge in [0.1, 0.15) is 5.82 Å². The largest absolute Gasteiger partial charge is 0.368 e. The van der Waals surface area contributed by atoms with Crippen molar-refractivity contribution in [2.75, 3.05) is 25.0 Å². The number of fused-ring (bicyclic) bond motifs is 1. The molecule has 0 fully saturated rings. The van der Waals surface area contributed by atoms with Gasteiger partial charge in [0, 0.05) is 24.7 Å². The van der Waals surface area contributed by atoms with Gasteiger partial charge >= 0.3 is 0 Å². The molecule has 3 heteroatoms. The highest BCUT2D eigenvalue weighted by Gasteiger charge is 1.99. The summed E-state index contributed by atoms with van der Waals surface area (Å²) in [4.78, 5) is 4.37. The molecule has 0 radical (unpaired) electrons. The molecule has 1 aromatic carbocycles. The number of hydrogen-bond acceptors (Lipinski definition) is 3. The van der Waals surface area contributed by atoms with E-state index in [1.54, 1.807) is 0 Å². The number of likely N-dealkylation sites (N-methyl/N-ethyl adjacent to an activating group) is 1. The normalized spacial score (nSPS) is 10.6. The van der Waals surface area contributed by atoms with Crippen molar-refractivity contribution in [1.82, 2.24) is 10.3 Å². The van der Waals surface area contributed by atoms with Crippen molar-refractivity contribution < 1.29 is 0 Å². The van der Waals surface area contributed by atoms with Crippen LogP contribution in [0.3, 0.4) is 0 Å². The Morgan fingerprint density at radius 2 is 2.00 bits per heavy atom. The summed E-state index contributed by atoms with van der Waals surface area (Å²) >= 11 is 0. The van der Waals surface area contributed by atoms with Crippen molar-refractivity contribution >= 4 is 16.6 Å². The summed E-state index contributed by atoms with van der Waals surface area (Å²) in [6.07, 6.45) is 1.85. The summed E-state index contributed by atoms with van der Waals surface area (Å²) in [7, 11) is 0. The molecule has 0 bridgehead atoms. The second kappa shape index (κ2) is 5.47. The molecule has 16 heavy (non-hydrogen) atoms. The average molecular weight is 215 g/mol. The topological polar surface area (TPSA) is 37.0 Å². The van der Waals surface area contributed by atoms with Crippen molar-refractivity contribution in [3.63, 3.8) is 0 Å². The van der Waals surface area contributed by atoms with Gasteiger partial charge < -0.3 is 10.6 Å². The summed E-state index contributed by atoms with van der Waals surface area (Å²) < 4.78 is 0. The Hall–Kier alpha value is -1.61. The molecule has 1 aromatic heterocycles. The predicted molar refractivity (Wildman–Crippen MR) is 68.8 cm³/mol. The molecule has 0 unspecified atom stereocenters. The summed E-state index contributed by atoms with van der Waals surface area (Å²) in [6.45, 7) is 4.97. The van der Waals surface area contributed by atoms with Gasteiger partial charge in [-0.15, -0.1) is 0 Å². The van der Waals surface area contributed by atoms with E-state index in [0.29, 0.717) is 0 Å². The molecule has 0 saturated heterocycles. The van der Waals surface area contributed by atoms with Crippen LogP contribution in [0.4, 0.5) is 5.82 Å². The highest BCUT2D eigenvalue weighted by atomic mass is 15.0. The molecule has 0 aliphatic heterocycles. The number of rotatable bonds is 5. The molecule has 2 N–H and O–H groups in total. The first kappa shape index (κ1) is 10.9. The average Bonchev–Trinajstić information content (AvgIpc) is 2.35. The van der Waals surface area contributed by atoms with E-state index >= 15 is 0 Å². The lowest BCUT2D eigenvalue weighted by molar-refractivity contribution is 0.738. The van der Waals surface area contributed by atoms with Gasteiger partial charge in [-0.1, -0.05) is 31.2 Å². The summed E-state index contributed by atoms with van der Waals surface area (Å²) in [5.41, 5.74) is 0. The minimum atomic E-state index is 0.898. The fourth-order valence-electron chi connectivity index (χ4n) is 1.71. The van der Waals surface area contributed by atoms with Gasteiger partial charge in [0.05, 0.1) is 0 Å². The van der Waals surface area contributed by atoms with E-state index in [-0.39, 0.29) is 0 Å². The van der Waals surface area contributed by atoms with Crippen LogP contribution in [0.2, 0.25) is 0 Å². The molecule has 0 atom stereocenters. The summed E-state index contributed by atoms with van der Waals surface area (Å²) in [5.74, 6) is 0.969. The van der Waals surface area contributed by atoms with Crippen molar-refractivity contribution in [3.05, 3.63) is 36.5 Å². The van der Waals surface area contributed by atoms with Crippen molar-refractivity contribution in [3.8, 4) is 0 Å². The molecule has 1 heterocycles. The number of nitrogens with zero attached hydrogens (tertiary/aromatic N) is 1. The van der Waals surface area contributed by atoms with E-state index in [1.807, 2.05) is 24.4 Å². The Morgan fingerprint density at radius 3 is 2.88 bits per heavy atom. The van der Waals surface area contributed by atoms with Crippen LogP contribution in [0.15, 0.2) is 36.5 Å². The summed E-state index contributed by atoms with van der Waals surface area (Å²) in [5, 5.41) is 9.03. The zero-order valence-corrected chi connectivity index (χ0v) is 9.53. The highest BCUT2D eigenvalue weighted by molar-refractivity contribution is 5.91. The van der Waals surface area contributed by atoms with Crippen LogP contribution in [-0.2, 0) is 0 Å². The lowest BCUT2D eigenvalue weighted by Gasteiger charge is -2.08. The SMILES string of the molecule is CCNCCNc1nccc2ccccc12. The van der Waals surface area contributed by atoms with Gasteiger partial charge in [0.15, 0.2) is 0 Å². The van der Waals surface area contributed by atoms with Crippen LogP contribution in [0, 0.1) is 0 Å². The maximum Gasteiger partial charge on any atom is 0.133 e. The first-order chi connectivity index (χ1) is 7.92. The fourth-order valence-corrected chi connectivity index (χ4v) is 1.71. The monoisotopic (exact) mass is 215 g/mol. The number of benzene rings is 1. The van der Waals surface area contributed by atoms with Gasteiger partial charge in [-0.2, -0.15) is 0 Å². The number of aromatic nitrogens is 1. The van der Waals surface area contributed by atoms with Crippen molar-refractivity contribution in [1.29, 1.82) is 0 Å². The minimum absolute atomic E-state index is 0.898. The van der Waals surface area contributed by atoms with Gasteiger partial charge in [-0.3, -0.25) is 0 Å². The fraction of sp³-hybridized carbons (Fsp3) is 0.308. The maximum atomic E-state index is 4.37. The molecular weight excluding hydrogens is 198 g/mol. The van der Waals surface area contributed by atoms with Crippen LogP contribution < -0.4 is 10.6 Å². The van der Waals surface area contributed by atoms with E-state index in [0.717, 1.165) is 25.5 Å². The molecule has 0 saturated carbocycles. The minimum Gasteiger partial charge on any atom is -0.368 e. The molecule has 0 spiro atoms. The van der Waals surface area contributed by atoms with E-state index in [4.69, 9.17) is 0 Å². The first-order valence-electron chi connectivity index (χ1n) is 5.70. The second-order valence-electron chi connectivity index (χ2n) is 3.66. The second-order valence-corrected chi connectivity index (χ2v) is 3.66. The third kappa shape index (κ3) is 2.49. The van der Waals surface area contributed by atoms with Crippen molar-refractivity contribution in [2.24, 2.45) is 0 Å². The Balaban J connectivity index is 2.11. The highest BCUT2D eigenvalue weighted by Crippen LogP contribution is 2.19. The number of hydrogen-bond donors (Lipinski definition) is 2. The van der Waals surface area contributed by atoms with Gasteiger partial charge in [-0.05, 0) is 18.0 Å². The lowest BCUT2D eigenvalue weighted by atomic mass is 10.1. The quantitative estimate of drug-likeness (QED) is 0.751. The molecule has 3 nitrogen and oxygen atoms in total. The van der Waals surface area contributed by atoms with Gasteiger partial charge in [0.25, 0.3) is 0 Å². The smallest absolute Gasteiger partial charge is 0.133 e. The number of pyridine rings is 1. The standard InChI is InChI=1S/C13H17N3/c1-2-14-9-10-16-13-12-6-4-3-5-11(12)7-8-15-13/h3-8,14H,2,9-10H2,1H3,(H,15,16). The van der Waals surface area contributed by atoms with Gasteiger partial charge in [0.2, 0.25) is 0 Å². The van der Waals surface area contributed by atoms with Crippen LogP contribution >= 0.6 is 0 Å². The third-order valence-electron chi connectivity index (χ3n) is 2.52. The molecule has 2 rings (SSSR count).